The first kappa shape index (κ1) is 17.1. The second kappa shape index (κ2) is 7.15. The highest BCUT2D eigenvalue weighted by molar-refractivity contribution is 7.07. The summed E-state index contributed by atoms with van der Waals surface area (Å²) in [4.78, 5) is 33.1. The summed E-state index contributed by atoms with van der Waals surface area (Å²) in [7, 11) is 0. The largest absolute Gasteiger partial charge is 0.335 e. The van der Waals surface area contributed by atoms with E-state index in [1.807, 2.05) is 15.9 Å². The molecule has 2 aromatic rings. The summed E-state index contributed by atoms with van der Waals surface area (Å²) >= 11 is 1.40. The fourth-order valence-electron chi connectivity index (χ4n) is 4.02. The number of aromatic nitrogens is 1. The van der Waals surface area contributed by atoms with Gasteiger partial charge in [0.1, 0.15) is 11.5 Å². The van der Waals surface area contributed by atoms with Crippen LogP contribution in [0.5, 0.6) is 0 Å². The van der Waals surface area contributed by atoms with Gasteiger partial charge in [-0.05, 0) is 36.5 Å². The molecule has 2 atom stereocenters. The second-order valence-corrected chi connectivity index (χ2v) is 7.67. The van der Waals surface area contributed by atoms with E-state index in [0.717, 1.165) is 18.4 Å². The molecule has 0 bridgehead atoms. The lowest BCUT2D eigenvalue weighted by Gasteiger charge is -2.30. The van der Waals surface area contributed by atoms with Crippen LogP contribution in [-0.4, -0.2) is 45.7 Å². The van der Waals surface area contributed by atoms with Crippen molar-refractivity contribution < 1.29 is 14.0 Å². The summed E-state index contributed by atoms with van der Waals surface area (Å²) in [6.07, 6.45) is 2.28. The number of halogens is 1. The number of hydrogen-bond acceptors (Lipinski definition) is 4. The Labute approximate surface area is 155 Å². The van der Waals surface area contributed by atoms with Crippen molar-refractivity contribution in [2.75, 3.05) is 13.1 Å². The lowest BCUT2D eigenvalue weighted by molar-refractivity contribution is -0.133. The molecule has 3 heterocycles. The average Bonchev–Trinajstić information content (AvgIpc) is 3.27. The molecule has 2 aliphatic heterocycles. The van der Waals surface area contributed by atoms with E-state index in [-0.39, 0.29) is 29.6 Å². The Morgan fingerprint density at radius 1 is 1.35 bits per heavy atom. The molecular formula is C19H20FN3O2S. The van der Waals surface area contributed by atoms with Crippen molar-refractivity contribution in [2.24, 2.45) is 5.92 Å². The molecule has 4 rings (SSSR count). The molecule has 0 aliphatic carbocycles. The molecule has 0 spiro atoms. The summed E-state index contributed by atoms with van der Waals surface area (Å²) in [6.45, 7) is 1.55. The van der Waals surface area contributed by atoms with Crippen molar-refractivity contribution in [3.05, 3.63) is 52.2 Å². The normalized spacial score (nSPS) is 23.0. The summed E-state index contributed by atoms with van der Waals surface area (Å²) in [5.41, 5.74) is 2.90. The SMILES string of the molecule is O=C(c1cscn1)N1C[C@H]2CCCC(=O)N(Cc3cccc(F)c3)[C@H]2C1. The molecule has 136 valence electrons. The first-order chi connectivity index (χ1) is 12.6. The molecule has 7 heteroatoms. The molecule has 0 saturated carbocycles. The first-order valence-electron chi connectivity index (χ1n) is 8.83. The fourth-order valence-corrected chi connectivity index (χ4v) is 4.54. The van der Waals surface area contributed by atoms with Crippen LogP contribution in [0.3, 0.4) is 0 Å². The number of nitrogens with zero attached hydrogens (tertiary/aromatic N) is 3. The van der Waals surface area contributed by atoms with Gasteiger partial charge in [0, 0.05) is 31.4 Å². The van der Waals surface area contributed by atoms with Crippen molar-refractivity contribution in [1.29, 1.82) is 0 Å². The molecule has 0 N–H and O–H groups in total. The van der Waals surface area contributed by atoms with E-state index in [1.54, 1.807) is 17.0 Å². The Bertz CT molecular complexity index is 811. The molecule has 2 aliphatic rings. The highest BCUT2D eigenvalue weighted by Crippen LogP contribution is 2.32. The summed E-state index contributed by atoms with van der Waals surface area (Å²) in [5, 5.41) is 1.76. The molecule has 0 unspecified atom stereocenters. The number of hydrogen-bond donors (Lipinski definition) is 0. The number of amides is 2. The predicted molar refractivity (Wildman–Crippen MR) is 96.1 cm³/mol. The van der Waals surface area contributed by atoms with Crippen LogP contribution >= 0.6 is 11.3 Å². The zero-order chi connectivity index (χ0) is 18.1. The lowest BCUT2D eigenvalue weighted by atomic mass is 9.98. The Kier molecular flexibility index (Phi) is 4.72. The van der Waals surface area contributed by atoms with Crippen molar-refractivity contribution in [1.82, 2.24) is 14.8 Å². The monoisotopic (exact) mass is 373 g/mol. The van der Waals surface area contributed by atoms with Crippen LogP contribution in [-0.2, 0) is 11.3 Å². The van der Waals surface area contributed by atoms with E-state index in [9.17, 15) is 14.0 Å². The Morgan fingerprint density at radius 3 is 3.00 bits per heavy atom. The molecular weight excluding hydrogens is 353 g/mol. The lowest BCUT2D eigenvalue weighted by Crippen LogP contribution is -2.43. The maximum atomic E-state index is 13.5. The van der Waals surface area contributed by atoms with E-state index in [2.05, 4.69) is 4.98 Å². The van der Waals surface area contributed by atoms with Gasteiger partial charge in [-0.15, -0.1) is 11.3 Å². The quantitative estimate of drug-likeness (QED) is 0.831. The summed E-state index contributed by atoms with van der Waals surface area (Å²) < 4.78 is 13.5. The van der Waals surface area contributed by atoms with Gasteiger partial charge in [-0.3, -0.25) is 9.59 Å². The number of carbonyl (C=O) groups excluding carboxylic acids is 2. The van der Waals surface area contributed by atoms with Gasteiger partial charge < -0.3 is 9.80 Å². The third-order valence-corrected chi connectivity index (χ3v) is 5.86. The second-order valence-electron chi connectivity index (χ2n) is 6.96. The van der Waals surface area contributed by atoms with E-state index < -0.39 is 0 Å². The van der Waals surface area contributed by atoms with Gasteiger partial charge in [-0.1, -0.05) is 12.1 Å². The minimum Gasteiger partial charge on any atom is -0.335 e. The summed E-state index contributed by atoms with van der Waals surface area (Å²) in [6, 6.07) is 6.36. The van der Waals surface area contributed by atoms with E-state index in [4.69, 9.17) is 0 Å². The Hall–Kier alpha value is -2.28. The van der Waals surface area contributed by atoms with Gasteiger partial charge in [0.25, 0.3) is 5.91 Å². The third kappa shape index (κ3) is 3.35. The Morgan fingerprint density at radius 2 is 2.23 bits per heavy atom. The van der Waals surface area contributed by atoms with Gasteiger partial charge in [0.2, 0.25) is 5.91 Å². The first-order valence-corrected chi connectivity index (χ1v) is 9.77. The van der Waals surface area contributed by atoms with E-state index >= 15 is 0 Å². The molecule has 2 amide bonds. The van der Waals surface area contributed by atoms with Crippen LogP contribution < -0.4 is 0 Å². The van der Waals surface area contributed by atoms with Crippen molar-refractivity contribution in [3.63, 3.8) is 0 Å². The van der Waals surface area contributed by atoms with Gasteiger partial charge in [-0.2, -0.15) is 0 Å². The van der Waals surface area contributed by atoms with Gasteiger partial charge >= 0.3 is 0 Å². The van der Waals surface area contributed by atoms with Crippen molar-refractivity contribution in [2.45, 2.75) is 31.8 Å². The molecule has 2 saturated heterocycles. The number of fused-ring (bicyclic) bond motifs is 1. The minimum absolute atomic E-state index is 0.0177. The third-order valence-electron chi connectivity index (χ3n) is 5.27. The van der Waals surface area contributed by atoms with Gasteiger partial charge in [-0.25, -0.2) is 9.37 Å². The maximum absolute atomic E-state index is 13.5. The molecule has 1 aromatic heterocycles. The fraction of sp³-hybridized carbons (Fsp3) is 0.421. The van der Waals surface area contributed by atoms with E-state index in [1.165, 1.54) is 23.5 Å². The van der Waals surface area contributed by atoms with Gasteiger partial charge in [0.15, 0.2) is 0 Å². The molecule has 0 radical (unpaired) electrons. The number of likely N-dealkylation sites (tertiary alicyclic amines) is 2. The smallest absolute Gasteiger partial charge is 0.273 e. The minimum atomic E-state index is -0.298. The number of rotatable bonds is 3. The van der Waals surface area contributed by atoms with Crippen molar-refractivity contribution in [3.8, 4) is 0 Å². The predicted octanol–water partition coefficient (Wildman–Crippen LogP) is 2.94. The standard InChI is InChI=1S/C19H20FN3O2S/c20-15-5-1-3-13(7-15)8-23-17-10-22(19(25)16-11-26-12-21-16)9-14(17)4-2-6-18(23)24/h1,3,5,7,11-12,14,17H,2,4,6,8-10H2/t14-,17+/m1/s1. The van der Waals surface area contributed by atoms with E-state index in [0.29, 0.717) is 31.7 Å². The van der Waals surface area contributed by atoms with Crippen LogP contribution in [0.4, 0.5) is 4.39 Å². The number of thiazole rings is 1. The molecule has 2 fully saturated rings. The summed E-state index contributed by atoms with van der Waals surface area (Å²) in [5.74, 6) is -0.0205. The highest BCUT2D eigenvalue weighted by atomic mass is 32.1. The zero-order valence-corrected chi connectivity index (χ0v) is 15.1. The van der Waals surface area contributed by atoms with Crippen LogP contribution in [0.15, 0.2) is 35.2 Å². The van der Waals surface area contributed by atoms with Crippen LogP contribution in [0.25, 0.3) is 0 Å². The van der Waals surface area contributed by atoms with Gasteiger partial charge in [0.05, 0.1) is 11.6 Å². The molecule has 26 heavy (non-hydrogen) atoms. The Balaban J connectivity index is 1.55. The topological polar surface area (TPSA) is 53.5 Å². The molecule has 1 aromatic carbocycles. The van der Waals surface area contributed by atoms with Crippen LogP contribution in [0, 0.1) is 11.7 Å². The van der Waals surface area contributed by atoms with Crippen LogP contribution in [0.2, 0.25) is 0 Å². The van der Waals surface area contributed by atoms with Crippen molar-refractivity contribution >= 4 is 23.2 Å². The van der Waals surface area contributed by atoms with Crippen LogP contribution in [0.1, 0.15) is 35.3 Å². The average molecular weight is 373 g/mol. The number of benzene rings is 1. The maximum Gasteiger partial charge on any atom is 0.273 e. The zero-order valence-electron chi connectivity index (χ0n) is 14.3. The molecule has 5 nitrogen and oxygen atoms in total. The number of carbonyl (C=O) groups is 2. The highest BCUT2D eigenvalue weighted by Gasteiger charge is 2.42.